The number of hydrogen-bond acceptors (Lipinski definition) is 2. The molecule has 1 saturated heterocycles. The summed E-state index contributed by atoms with van der Waals surface area (Å²) in [5.41, 5.74) is 2.73. The van der Waals surface area contributed by atoms with Crippen molar-refractivity contribution in [2.24, 2.45) is 0 Å². The normalized spacial score (nSPS) is 14.5. The number of hydrogen-bond donors (Lipinski definition) is 0. The fourth-order valence-electron chi connectivity index (χ4n) is 3.01. The highest BCUT2D eigenvalue weighted by molar-refractivity contribution is 6.30. The summed E-state index contributed by atoms with van der Waals surface area (Å²) in [6.07, 6.45) is 0.364. The lowest BCUT2D eigenvalue weighted by molar-refractivity contribution is -0.131. The van der Waals surface area contributed by atoms with Crippen LogP contribution < -0.4 is 0 Å². The molecular formula is C20H21ClN2O2. The van der Waals surface area contributed by atoms with Gasteiger partial charge in [-0.15, -0.1) is 0 Å². The van der Waals surface area contributed by atoms with E-state index in [-0.39, 0.29) is 11.8 Å². The van der Waals surface area contributed by atoms with Crippen molar-refractivity contribution in [3.8, 4) is 0 Å². The molecule has 1 aliphatic heterocycles. The molecule has 0 atom stereocenters. The standard InChI is InChI=1S/C20H21ClN2O2/c1-15-3-2-4-17(13-15)20(25)23-11-9-22(10-12-23)19(24)14-16-5-7-18(21)8-6-16/h2-8,13H,9-12,14H2,1H3. The molecule has 0 bridgehead atoms. The number of carbonyl (C=O) groups excluding carboxylic acids is 2. The van der Waals surface area contributed by atoms with Crippen LogP contribution in [0, 0.1) is 6.92 Å². The number of piperazine rings is 1. The van der Waals surface area contributed by atoms with E-state index < -0.39 is 0 Å². The largest absolute Gasteiger partial charge is 0.339 e. The number of aryl methyl sites for hydroxylation is 1. The average Bonchev–Trinajstić information content (AvgIpc) is 2.63. The van der Waals surface area contributed by atoms with Crippen molar-refractivity contribution in [1.82, 2.24) is 9.80 Å². The van der Waals surface area contributed by atoms with Gasteiger partial charge >= 0.3 is 0 Å². The van der Waals surface area contributed by atoms with Crippen LogP contribution in [-0.2, 0) is 11.2 Å². The van der Waals surface area contributed by atoms with Crippen LogP contribution in [0.4, 0.5) is 0 Å². The Morgan fingerprint density at radius 1 is 0.960 bits per heavy atom. The van der Waals surface area contributed by atoms with E-state index in [1.165, 1.54) is 0 Å². The summed E-state index contributed by atoms with van der Waals surface area (Å²) in [7, 11) is 0. The fourth-order valence-corrected chi connectivity index (χ4v) is 3.13. The van der Waals surface area contributed by atoms with Gasteiger partial charge in [0.25, 0.3) is 5.91 Å². The van der Waals surface area contributed by atoms with Gasteiger partial charge in [0.1, 0.15) is 0 Å². The lowest BCUT2D eigenvalue weighted by atomic mass is 10.1. The third-order valence-electron chi connectivity index (χ3n) is 4.45. The lowest BCUT2D eigenvalue weighted by Gasteiger charge is -2.35. The minimum absolute atomic E-state index is 0.0356. The Morgan fingerprint density at radius 3 is 2.24 bits per heavy atom. The molecule has 2 aromatic rings. The monoisotopic (exact) mass is 356 g/mol. The summed E-state index contributed by atoms with van der Waals surface area (Å²) in [5.74, 6) is 0.124. The highest BCUT2D eigenvalue weighted by atomic mass is 35.5. The molecule has 0 unspecified atom stereocenters. The van der Waals surface area contributed by atoms with Crippen LogP contribution in [0.3, 0.4) is 0 Å². The van der Waals surface area contributed by atoms with Crippen LogP contribution in [0.5, 0.6) is 0 Å². The van der Waals surface area contributed by atoms with Gasteiger partial charge < -0.3 is 9.80 Å². The zero-order valence-electron chi connectivity index (χ0n) is 14.2. The smallest absolute Gasteiger partial charge is 0.253 e. The molecule has 1 aliphatic rings. The highest BCUT2D eigenvalue weighted by Gasteiger charge is 2.24. The number of amides is 2. The zero-order chi connectivity index (χ0) is 17.8. The third kappa shape index (κ3) is 4.40. The van der Waals surface area contributed by atoms with Crippen LogP contribution in [0.1, 0.15) is 21.5 Å². The van der Waals surface area contributed by atoms with Gasteiger partial charge in [0.15, 0.2) is 0 Å². The Morgan fingerprint density at radius 2 is 1.60 bits per heavy atom. The minimum atomic E-state index is 0.0356. The van der Waals surface area contributed by atoms with Crippen molar-refractivity contribution < 1.29 is 9.59 Å². The van der Waals surface area contributed by atoms with E-state index in [1.54, 1.807) is 12.1 Å². The van der Waals surface area contributed by atoms with E-state index in [4.69, 9.17) is 11.6 Å². The summed E-state index contributed by atoms with van der Waals surface area (Å²) >= 11 is 5.87. The van der Waals surface area contributed by atoms with Crippen LogP contribution in [0.15, 0.2) is 48.5 Å². The van der Waals surface area contributed by atoms with Crippen molar-refractivity contribution in [2.45, 2.75) is 13.3 Å². The molecular weight excluding hydrogens is 336 g/mol. The molecule has 2 amide bonds. The maximum atomic E-state index is 12.6. The zero-order valence-corrected chi connectivity index (χ0v) is 15.0. The molecule has 2 aromatic carbocycles. The SMILES string of the molecule is Cc1cccc(C(=O)N2CCN(C(=O)Cc3ccc(Cl)cc3)CC2)c1. The molecule has 0 radical (unpaired) electrons. The van der Waals surface area contributed by atoms with E-state index in [0.29, 0.717) is 43.2 Å². The van der Waals surface area contributed by atoms with Gasteiger partial charge in [-0.05, 0) is 36.8 Å². The summed E-state index contributed by atoms with van der Waals surface area (Å²) < 4.78 is 0. The number of nitrogens with zero attached hydrogens (tertiary/aromatic N) is 2. The Balaban J connectivity index is 1.55. The quantitative estimate of drug-likeness (QED) is 0.847. The number of benzene rings is 2. The van der Waals surface area contributed by atoms with Crippen LogP contribution in [0.25, 0.3) is 0 Å². The minimum Gasteiger partial charge on any atom is -0.339 e. The number of carbonyl (C=O) groups is 2. The van der Waals surface area contributed by atoms with Gasteiger partial charge in [0.05, 0.1) is 6.42 Å². The van der Waals surface area contributed by atoms with Crippen molar-refractivity contribution in [2.75, 3.05) is 26.2 Å². The van der Waals surface area contributed by atoms with Crippen LogP contribution in [-0.4, -0.2) is 47.8 Å². The van der Waals surface area contributed by atoms with Crippen molar-refractivity contribution >= 4 is 23.4 Å². The van der Waals surface area contributed by atoms with Crippen LogP contribution >= 0.6 is 11.6 Å². The molecule has 130 valence electrons. The van der Waals surface area contributed by atoms with Gasteiger partial charge in [-0.1, -0.05) is 41.4 Å². The van der Waals surface area contributed by atoms with E-state index in [2.05, 4.69) is 0 Å². The first kappa shape index (κ1) is 17.5. The second-order valence-corrected chi connectivity index (χ2v) is 6.78. The molecule has 25 heavy (non-hydrogen) atoms. The number of rotatable bonds is 3. The second-order valence-electron chi connectivity index (χ2n) is 6.35. The predicted octanol–water partition coefficient (Wildman–Crippen LogP) is 3.18. The van der Waals surface area contributed by atoms with Crippen molar-refractivity contribution in [3.05, 3.63) is 70.2 Å². The summed E-state index contributed by atoms with van der Waals surface area (Å²) in [6, 6.07) is 15.0. The summed E-state index contributed by atoms with van der Waals surface area (Å²) in [5, 5.41) is 0.666. The molecule has 3 rings (SSSR count). The first-order valence-electron chi connectivity index (χ1n) is 8.41. The summed E-state index contributed by atoms with van der Waals surface area (Å²) in [4.78, 5) is 28.6. The topological polar surface area (TPSA) is 40.6 Å². The fraction of sp³-hybridized carbons (Fsp3) is 0.300. The van der Waals surface area contributed by atoms with Crippen LogP contribution in [0.2, 0.25) is 5.02 Å². The summed E-state index contributed by atoms with van der Waals surface area (Å²) in [6.45, 7) is 4.26. The lowest BCUT2D eigenvalue weighted by Crippen LogP contribution is -2.51. The van der Waals surface area contributed by atoms with Gasteiger partial charge in [-0.25, -0.2) is 0 Å². The molecule has 1 fully saturated rings. The molecule has 5 heteroatoms. The van der Waals surface area contributed by atoms with Gasteiger partial charge in [-0.2, -0.15) is 0 Å². The molecule has 0 N–H and O–H groups in total. The average molecular weight is 357 g/mol. The first-order chi connectivity index (χ1) is 12.0. The maximum absolute atomic E-state index is 12.6. The van der Waals surface area contributed by atoms with E-state index in [9.17, 15) is 9.59 Å². The second kappa shape index (κ2) is 7.70. The van der Waals surface area contributed by atoms with Gasteiger partial charge in [0.2, 0.25) is 5.91 Å². The van der Waals surface area contributed by atoms with E-state index >= 15 is 0 Å². The van der Waals surface area contributed by atoms with Crippen molar-refractivity contribution in [1.29, 1.82) is 0 Å². The molecule has 0 aliphatic carbocycles. The molecule has 0 saturated carbocycles. The third-order valence-corrected chi connectivity index (χ3v) is 4.71. The Bertz CT molecular complexity index is 766. The van der Waals surface area contributed by atoms with E-state index in [0.717, 1.165) is 11.1 Å². The molecule has 4 nitrogen and oxygen atoms in total. The Labute approximate surface area is 153 Å². The molecule has 1 heterocycles. The van der Waals surface area contributed by atoms with E-state index in [1.807, 2.05) is 53.1 Å². The highest BCUT2D eigenvalue weighted by Crippen LogP contribution is 2.13. The first-order valence-corrected chi connectivity index (χ1v) is 8.79. The Hall–Kier alpha value is -2.33. The van der Waals surface area contributed by atoms with Gasteiger partial charge in [-0.3, -0.25) is 9.59 Å². The maximum Gasteiger partial charge on any atom is 0.253 e. The molecule has 0 aromatic heterocycles. The Kier molecular flexibility index (Phi) is 5.39. The van der Waals surface area contributed by atoms with Gasteiger partial charge in [0, 0.05) is 36.8 Å². The van der Waals surface area contributed by atoms with Crippen molar-refractivity contribution in [3.63, 3.8) is 0 Å². The molecule has 0 spiro atoms. The number of halogens is 1. The predicted molar refractivity (Wildman–Crippen MR) is 98.8 cm³/mol.